The molecule has 0 saturated carbocycles. The van der Waals surface area contributed by atoms with Crippen LogP contribution in [0.3, 0.4) is 0 Å². The average molecular weight is 333 g/mol. The van der Waals surface area contributed by atoms with Gasteiger partial charge in [0, 0.05) is 25.5 Å². The van der Waals surface area contributed by atoms with Crippen LogP contribution in [-0.2, 0) is 4.79 Å². The quantitative estimate of drug-likeness (QED) is 0.924. The van der Waals surface area contributed by atoms with Crippen LogP contribution in [0.1, 0.15) is 39.2 Å². The molecule has 0 bridgehead atoms. The number of imidazole rings is 1. The minimum absolute atomic E-state index is 0.276. The number of hydrogen-bond acceptors (Lipinski definition) is 3. The van der Waals surface area contributed by atoms with Crippen molar-refractivity contribution in [2.24, 2.45) is 5.41 Å². The molecule has 1 N–H and O–H groups in total. The van der Waals surface area contributed by atoms with Crippen molar-refractivity contribution in [2.75, 3.05) is 13.1 Å². The first-order valence-corrected chi connectivity index (χ1v) is 7.58. The van der Waals surface area contributed by atoms with E-state index in [9.17, 15) is 23.1 Å². The molecule has 1 saturated heterocycles. The highest BCUT2D eigenvalue weighted by Crippen LogP contribution is 2.35. The number of aliphatic hydroxyl groups excluding tert-OH is 1. The zero-order valence-corrected chi connectivity index (χ0v) is 13.3. The Bertz CT molecular complexity index is 529. The van der Waals surface area contributed by atoms with Crippen LogP contribution in [0.4, 0.5) is 13.2 Å². The van der Waals surface area contributed by atoms with Gasteiger partial charge in [-0.15, -0.1) is 0 Å². The molecule has 1 aromatic rings. The predicted octanol–water partition coefficient (Wildman–Crippen LogP) is 2.39. The van der Waals surface area contributed by atoms with Gasteiger partial charge in [0.15, 0.2) is 0 Å². The number of alkyl halides is 3. The van der Waals surface area contributed by atoms with E-state index < -0.39 is 30.7 Å². The van der Waals surface area contributed by atoms with Gasteiger partial charge in [0.1, 0.15) is 6.04 Å². The lowest BCUT2D eigenvalue weighted by Crippen LogP contribution is -2.40. The van der Waals surface area contributed by atoms with Gasteiger partial charge in [0.05, 0.1) is 18.9 Å². The third kappa shape index (κ3) is 4.70. The molecule has 2 unspecified atom stereocenters. The molecule has 5 nitrogen and oxygen atoms in total. The first-order chi connectivity index (χ1) is 10.6. The number of nitrogens with zero attached hydrogens (tertiary/aromatic N) is 3. The van der Waals surface area contributed by atoms with Gasteiger partial charge in [-0.3, -0.25) is 4.79 Å². The molecule has 1 amide bonds. The Balaban J connectivity index is 2.12. The molecule has 0 aliphatic carbocycles. The molecule has 23 heavy (non-hydrogen) atoms. The monoisotopic (exact) mass is 333 g/mol. The lowest BCUT2D eigenvalue weighted by Gasteiger charge is -2.31. The fourth-order valence-electron chi connectivity index (χ4n) is 3.06. The van der Waals surface area contributed by atoms with E-state index in [2.05, 4.69) is 4.98 Å². The van der Waals surface area contributed by atoms with Gasteiger partial charge in [-0.05, 0) is 18.3 Å². The Morgan fingerprint density at radius 3 is 2.74 bits per heavy atom. The van der Waals surface area contributed by atoms with Gasteiger partial charge in [-0.1, -0.05) is 13.8 Å². The van der Waals surface area contributed by atoms with Crippen LogP contribution >= 0.6 is 0 Å². The molecule has 2 rings (SSSR count). The average Bonchev–Trinajstić information content (AvgIpc) is 2.87. The predicted molar refractivity (Wildman–Crippen MR) is 77.5 cm³/mol. The maximum atomic E-state index is 13.2. The molecule has 1 aliphatic heterocycles. The number of amides is 1. The Labute approximate surface area is 133 Å². The van der Waals surface area contributed by atoms with Crippen LogP contribution < -0.4 is 0 Å². The van der Waals surface area contributed by atoms with E-state index in [0.29, 0.717) is 19.4 Å². The molecule has 130 valence electrons. The molecule has 0 radical (unpaired) electrons. The molecule has 8 heteroatoms. The molecule has 1 aliphatic rings. The van der Waals surface area contributed by atoms with E-state index in [-0.39, 0.29) is 12.0 Å². The van der Waals surface area contributed by atoms with Crippen molar-refractivity contribution < 1.29 is 23.1 Å². The molecule has 1 fully saturated rings. The normalized spacial score (nSPS) is 23.4. The standard InChI is InChI=1S/C15H22F3N3O2/c1-14(2)8-11(22)3-5-20(9-14)13(23)7-12(15(16,17)18)21-6-4-19-10-21/h4,6,10-12,22H,3,5,7-9H2,1-2H3. The topological polar surface area (TPSA) is 58.4 Å². The SMILES string of the molecule is CC1(C)CC(O)CCN(C(=O)CC(n2ccnc2)C(F)(F)F)C1. The fraction of sp³-hybridized carbons (Fsp3) is 0.733. The van der Waals surface area contributed by atoms with E-state index in [0.717, 1.165) is 10.9 Å². The number of rotatable bonds is 3. The van der Waals surface area contributed by atoms with E-state index >= 15 is 0 Å². The summed E-state index contributed by atoms with van der Waals surface area (Å²) in [6.07, 6.45) is -1.27. The van der Waals surface area contributed by atoms with Crippen LogP contribution in [0, 0.1) is 5.41 Å². The molecule has 0 aromatic carbocycles. The molecule has 2 atom stereocenters. The maximum absolute atomic E-state index is 13.2. The van der Waals surface area contributed by atoms with E-state index in [1.807, 2.05) is 13.8 Å². The van der Waals surface area contributed by atoms with Gasteiger partial charge in [0.25, 0.3) is 0 Å². The third-order valence-corrected chi connectivity index (χ3v) is 4.12. The molecule has 2 heterocycles. The lowest BCUT2D eigenvalue weighted by molar-refractivity contribution is -0.175. The summed E-state index contributed by atoms with van der Waals surface area (Å²) in [7, 11) is 0. The molecular weight excluding hydrogens is 311 g/mol. The minimum atomic E-state index is -4.53. The lowest BCUT2D eigenvalue weighted by atomic mass is 9.87. The number of carbonyl (C=O) groups excluding carboxylic acids is 1. The summed E-state index contributed by atoms with van der Waals surface area (Å²) < 4.78 is 40.6. The summed E-state index contributed by atoms with van der Waals surface area (Å²) in [4.78, 5) is 17.5. The Kier molecular flexibility index (Phi) is 5.03. The molecule has 1 aromatic heterocycles. The van der Waals surface area contributed by atoms with E-state index in [1.54, 1.807) is 0 Å². The molecular formula is C15H22F3N3O2. The number of likely N-dealkylation sites (tertiary alicyclic amines) is 1. The number of carbonyl (C=O) groups is 1. The van der Waals surface area contributed by atoms with Crippen LogP contribution in [0.5, 0.6) is 0 Å². The van der Waals surface area contributed by atoms with Crippen LogP contribution in [0.15, 0.2) is 18.7 Å². The smallest absolute Gasteiger partial charge is 0.393 e. The zero-order chi connectivity index (χ0) is 17.3. The second-order valence-corrected chi connectivity index (χ2v) is 6.90. The Hall–Kier alpha value is -1.57. The number of aromatic nitrogens is 2. The summed E-state index contributed by atoms with van der Waals surface area (Å²) in [6, 6.07) is -1.92. The van der Waals surface area contributed by atoms with Crippen molar-refractivity contribution in [3.05, 3.63) is 18.7 Å². The second kappa shape index (κ2) is 6.51. The van der Waals surface area contributed by atoms with E-state index in [4.69, 9.17) is 0 Å². The molecule has 0 spiro atoms. The highest BCUT2D eigenvalue weighted by Gasteiger charge is 2.43. The Morgan fingerprint density at radius 2 is 2.17 bits per heavy atom. The van der Waals surface area contributed by atoms with Crippen molar-refractivity contribution in [1.29, 1.82) is 0 Å². The third-order valence-electron chi connectivity index (χ3n) is 4.12. The van der Waals surface area contributed by atoms with Crippen molar-refractivity contribution in [3.8, 4) is 0 Å². The van der Waals surface area contributed by atoms with Crippen molar-refractivity contribution >= 4 is 5.91 Å². The van der Waals surface area contributed by atoms with Gasteiger partial charge in [0.2, 0.25) is 5.91 Å². The minimum Gasteiger partial charge on any atom is -0.393 e. The summed E-state index contributed by atoms with van der Waals surface area (Å²) in [5.41, 5.74) is -0.325. The number of aliphatic hydroxyl groups is 1. The van der Waals surface area contributed by atoms with Crippen molar-refractivity contribution in [3.63, 3.8) is 0 Å². The van der Waals surface area contributed by atoms with Gasteiger partial charge in [-0.2, -0.15) is 13.2 Å². The van der Waals surface area contributed by atoms with Crippen molar-refractivity contribution in [1.82, 2.24) is 14.5 Å². The highest BCUT2D eigenvalue weighted by molar-refractivity contribution is 5.76. The number of halogens is 3. The van der Waals surface area contributed by atoms with Crippen LogP contribution in [-0.4, -0.2) is 50.8 Å². The summed E-state index contributed by atoms with van der Waals surface area (Å²) in [5.74, 6) is -0.553. The first kappa shape index (κ1) is 17.8. The largest absolute Gasteiger partial charge is 0.409 e. The second-order valence-electron chi connectivity index (χ2n) is 6.90. The van der Waals surface area contributed by atoms with Gasteiger partial charge >= 0.3 is 6.18 Å². The van der Waals surface area contributed by atoms with Gasteiger partial charge < -0.3 is 14.6 Å². The first-order valence-electron chi connectivity index (χ1n) is 7.58. The van der Waals surface area contributed by atoms with Crippen molar-refractivity contribution in [2.45, 2.75) is 51.4 Å². The summed E-state index contributed by atoms with van der Waals surface area (Å²) in [5, 5.41) is 9.86. The summed E-state index contributed by atoms with van der Waals surface area (Å²) in [6.45, 7) is 4.42. The van der Waals surface area contributed by atoms with Crippen LogP contribution in [0.2, 0.25) is 0 Å². The van der Waals surface area contributed by atoms with E-state index in [1.165, 1.54) is 17.3 Å². The van der Waals surface area contributed by atoms with Gasteiger partial charge in [-0.25, -0.2) is 4.98 Å². The fourth-order valence-corrected chi connectivity index (χ4v) is 3.06. The highest BCUT2D eigenvalue weighted by atomic mass is 19.4. The summed E-state index contributed by atoms with van der Waals surface area (Å²) >= 11 is 0. The number of hydrogen-bond donors (Lipinski definition) is 1. The Morgan fingerprint density at radius 1 is 1.48 bits per heavy atom. The maximum Gasteiger partial charge on any atom is 0.409 e. The zero-order valence-electron chi connectivity index (χ0n) is 13.3. The van der Waals surface area contributed by atoms with Crippen LogP contribution in [0.25, 0.3) is 0 Å².